The van der Waals surface area contributed by atoms with Crippen molar-refractivity contribution in [2.75, 3.05) is 5.75 Å². The number of aliphatic hydroxyl groups is 1. The van der Waals surface area contributed by atoms with Crippen molar-refractivity contribution in [1.29, 1.82) is 0 Å². The van der Waals surface area contributed by atoms with Gasteiger partial charge in [-0.1, -0.05) is 46.3 Å². The lowest BCUT2D eigenvalue weighted by molar-refractivity contribution is -0.0770. The fourth-order valence-corrected chi connectivity index (χ4v) is 10.5. The van der Waals surface area contributed by atoms with Gasteiger partial charge in [0.2, 0.25) is 0 Å². The zero-order valence-corrected chi connectivity index (χ0v) is 20.7. The van der Waals surface area contributed by atoms with E-state index < -0.39 is 0 Å². The van der Waals surface area contributed by atoms with Gasteiger partial charge in [0.15, 0.2) is 0 Å². The van der Waals surface area contributed by atoms with Crippen LogP contribution in [0.4, 0.5) is 0 Å². The molecule has 4 aliphatic rings. The first-order valence-corrected chi connectivity index (χ1v) is 14.4. The van der Waals surface area contributed by atoms with Crippen molar-refractivity contribution < 1.29 is 5.11 Å². The Balaban J connectivity index is 1.57. The van der Waals surface area contributed by atoms with Gasteiger partial charge in [0.1, 0.15) is 7.93 Å². The summed E-state index contributed by atoms with van der Waals surface area (Å²) in [5.74, 6) is 5.00. The van der Waals surface area contributed by atoms with E-state index in [1.165, 1.54) is 32.1 Å². The normalized spacial score (nSPS) is 47.2. The van der Waals surface area contributed by atoms with E-state index in [1.54, 1.807) is 17.0 Å². The SMILES string of the molecule is C[C@H](CSPN=O)[C@H]1CCC2C3CC=C4C(C)(C)[C@@H](O)CC[C@]4(C)C3CC[C@@]21C. The molecule has 0 heterocycles. The monoisotopic (exact) mass is 437 g/mol. The van der Waals surface area contributed by atoms with Gasteiger partial charge in [-0.15, -0.1) is 16.3 Å². The number of allylic oxidation sites excluding steroid dienone is 1. The summed E-state index contributed by atoms with van der Waals surface area (Å²) in [6, 6.07) is 0. The minimum atomic E-state index is -0.192. The Labute approximate surface area is 183 Å². The number of nitroso groups, excluding NO2 is 1. The molecule has 0 amide bonds. The van der Waals surface area contributed by atoms with Gasteiger partial charge in [0.05, 0.1) is 6.10 Å². The minimum absolute atomic E-state index is 0.0733. The standard InChI is InChI=1S/C24H40NO2PS/c1-15(14-29-28-25-27)17-7-8-18-16-6-9-20-22(2,3)21(26)11-13-24(20,5)19(16)10-12-23(17,18)4/h9,15-19,21,26,28H,6-8,10-14H2,1-5H3/t15-,16?,17-,18?,19?,21+,23-,24-/m1/s1. The predicted octanol–water partition coefficient (Wildman–Crippen LogP) is 7.21. The van der Waals surface area contributed by atoms with E-state index in [0.717, 1.165) is 42.3 Å². The Hall–Kier alpha value is 0.0800. The molecule has 164 valence electrons. The maximum atomic E-state index is 10.7. The van der Waals surface area contributed by atoms with Gasteiger partial charge >= 0.3 is 0 Å². The van der Waals surface area contributed by atoms with E-state index in [0.29, 0.717) is 11.3 Å². The van der Waals surface area contributed by atoms with Crippen molar-refractivity contribution in [3.05, 3.63) is 16.6 Å². The van der Waals surface area contributed by atoms with Crippen molar-refractivity contribution in [2.24, 2.45) is 50.8 Å². The average molecular weight is 438 g/mol. The van der Waals surface area contributed by atoms with Crippen LogP contribution in [0.1, 0.15) is 79.6 Å². The smallest absolute Gasteiger partial charge is 0.110 e. The molecule has 0 bridgehead atoms. The maximum absolute atomic E-state index is 10.7. The number of rotatable bonds is 5. The Kier molecular flexibility index (Phi) is 6.06. The molecule has 9 atom stereocenters. The highest BCUT2D eigenvalue weighted by Crippen LogP contribution is 2.68. The highest BCUT2D eigenvalue weighted by molar-refractivity contribution is 8.49. The summed E-state index contributed by atoms with van der Waals surface area (Å²) in [6.07, 6.45) is 11.2. The first kappa shape index (κ1) is 22.3. The predicted molar refractivity (Wildman–Crippen MR) is 126 cm³/mol. The number of nitrogens with zero attached hydrogens (tertiary/aromatic N) is 1. The van der Waals surface area contributed by atoms with Gasteiger partial charge in [-0.3, -0.25) is 0 Å². The summed E-state index contributed by atoms with van der Waals surface area (Å²) in [6.45, 7) is 12.1. The highest BCUT2D eigenvalue weighted by atomic mass is 32.7. The van der Waals surface area contributed by atoms with Gasteiger partial charge in [-0.05, 0) is 90.3 Å². The van der Waals surface area contributed by atoms with Crippen LogP contribution in [0, 0.1) is 50.7 Å². The zero-order chi connectivity index (χ0) is 21.0. The van der Waals surface area contributed by atoms with Crippen LogP contribution in [0.25, 0.3) is 0 Å². The maximum Gasteiger partial charge on any atom is 0.110 e. The molecule has 0 aromatic carbocycles. The summed E-state index contributed by atoms with van der Waals surface area (Å²) in [5.41, 5.74) is 2.24. The van der Waals surface area contributed by atoms with Gasteiger partial charge in [0, 0.05) is 11.2 Å². The summed E-state index contributed by atoms with van der Waals surface area (Å²) in [5, 5.41) is 10.7. The highest BCUT2D eigenvalue weighted by Gasteiger charge is 2.61. The largest absolute Gasteiger partial charge is 0.392 e. The molecule has 4 aliphatic carbocycles. The lowest BCUT2D eigenvalue weighted by Gasteiger charge is -2.61. The topological polar surface area (TPSA) is 49.7 Å². The van der Waals surface area contributed by atoms with Crippen LogP contribution in [-0.4, -0.2) is 17.0 Å². The molecule has 0 radical (unpaired) electrons. The molecule has 0 aromatic rings. The van der Waals surface area contributed by atoms with Crippen LogP contribution in [0.3, 0.4) is 0 Å². The van der Waals surface area contributed by atoms with Crippen LogP contribution in [-0.2, 0) is 0 Å². The molecule has 4 rings (SSSR count). The number of fused-ring (bicyclic) bond motifs is 5. The third-order valence-corrected chi connectivity index (χ3v) is 12.1. The Morgan fingerprint density at radius 1 is 1.17 bits per heavy atom. The van der Waals surface area contributed by atoms with E-state index >= 15 is 0 Å². The molecule has 3 saturated carbocycles. The molecule has 5 heteroatoms. The molecular formula is C24H40NO2PS. The van der Waals surface area contributed by atoms with Gasteiger partial charge < -0.3 is 5.11 Å². The van der Waals surface area contributed by atoms with E-state index in [9.17, 15) is 10.0 Å². The van der Waals surface area contributed by atoms with Crippen LogP contribution in [0.5, 0.6) is 0 Å². The lowest BCUT2D eigenvalue weighted by atomic mass is 9.44. The molecule has 0 aromatic heterocycles. The second-order valence-corrected chi connectivity index (χ2v) is 14.0. The first-order chi connectivity index (χ1) is 13.7. The van der Waals surface area contributed by atoms with Crippen molar-refractivity contribution in [1.82, 2.24) is 0 Å². The zero-order valence-electron chi connectivity index (χ0n) is 18.9. The summed E-state index contributed by atoms with van der Waals surface area (Å²) in [4.78, 5) is 13.6. The Bertz CT molecular complexity index is 682. The lowest BCUT2D eigenvalue weighted by Crippen LogP contribution is -2.54. The van der Waals surface area contributed by atoms with Crippen LogP contribution in [0.2, 0.25) is 0 Å². The van der Waals surface area contributed by atoms with Gasteiger partial charge in [-0.25, -0.2) is 0 Å². The fourth-order valence-electron chi connectivity index (χ4n) is 8.68. The van der Waals surface area contributed by atoms with E-state index in [1.807, 2.05) is 0 Å². The molecular weight excluding hydrogens is 397 g/mol. The molecule has 0 aliphatic heterocycles. The molecule has 0 saturated heterocycles. The number of hydrogen-bond donors (Lipinski definition) is 1. The quantitative estimate of drug-likeness (QED) is 0.214. The first-order valence-electron chi connectivity index (χ1n) is 11.7. The molecule has 3 fully saturated rings. The number of hydrogen-bond acceptors (Lipinski definition) is 4. The Morgan fingerprint density at radius 3 is 2.66 bits per heavy atom. The van der Waals surface area contributed by atoms with E-state index in [4.69, 9.17) is 0 Å². The Morgan fingerprint density at radius 2 is 1.93 bits per heavy atom. The van der Waals surface area contributed by atoms with E-state index in [-0.39, 0.29) is 24.9 Å². The van der Waals surface area contributed by atoms with Crippen molar-refractivity contribution in [2.45, 2.75) is 85.7 Å². The molecule has 29 heavy (non-hydrogen) atoms. The molecule has 0 spiro atoms. The van der Waals surface area contributed by atoms with Gasteiger partial charge in [-0.2, -0.15) is 0 Å². The summed E-state index contributed by atoms with van der Waals surface area (Å²) in [7, 11) is 0.161. The minimum Gasteiger partial charge on any atom is -0.392 e. The second kappa shape index (κ2) is 7.89. The van der Waals surface area contributed by atoms with E-state index in [2.05, 4.69) is 45.6 Å². The summed E-state index contributed by atoms with van der Waals surface area (Å²) < 4.78 is 0. The third kappa shape index (κ3) is 3.39. The van der Waals surface area contributed by atoms with Crippen molar-refractivity contribution in [3.63, 3.8) is 0 Å². The molecule has 4 unspecified atom stereocenters. The summed E-state index contributed by atoms with van der Waals surface area (Å²) >= 11 is 1.74. The van der Waals surface area contributed by atoms with Crippen LogP contribution >= 0.6 is 19.3 Å². The fraction of sp³-hybridized carbons (Fsp3) is 0.917. The van der Waals surface area contributed by atoms with Gasteiger partial charge in [0.25, 0.3) is 0 Å². The van der Waals surface area contributed by atoms with Crippen molar-refractivity contribution in [3.8, 4) is 0 Å². The van der Waals surface area contributed by atoms with Crippen LogP contribution < -0.4 is 0 Å². The molecule has 1 N–H and O–H groups in total. The van der Waals surface area contributed by atoms with Crippen LogP contribution in [0.15, 0.2) is 16.6 Å². The van der Waals surface area contributed by atoms with Crippen molar-refractivity contribution >= 4 is 19.3 Å². The third-order valence-electron chi connectivity index (χ3n) is 10.1. The molecule has 3 nitrogen and oxygen atoms in total. The second-order valence-electron chi connectivity index (χ2n) is 11.6. The number of aliphatic hydroxyl groups excluding tert-OH is 1. The average Bonchev–Trinajstić information content (AvgIpc) is 3.02.